The molecule has 7 heteroatoms. The van der Waals surface area contributed by atoms with Crippen LogP contribution in [0.25, 0.3) is 0 Å². The molecule has 3 aliphatic rings. The summed E-state index contributed by atoms with van der Waals surface area (Å²) in [5.74, 6) is -0.256. The maximum Gasteiger partial charge on any atom is 0.425 e. The van der Waals surface area contributed by atoms with E-state index in [9.17, 15) is 23.1 Å². The van der Waals surface area contributed by atoms with Crippen molar-refractivity contribution in [1.29, 1.82) is 0 Å². The molecular formula is C22H23F3N2O2. The first-order chi connectivity index (χ1) is 13.8. The Morgan fingerprint density at radius 1 is 1.31 bits per heavy atom. The van der Waals surface area contributed by atoms with E-state index in [0.717, 1.165) is 6.42 Å². The van der Waals surface area contributed by atoms with Gasteiger partial charge in [0.2, 0.25) is 11.5 Å². The highest BCUT2D eigenvalue weighted by atomic mass is 19.4. The summed E-state index contributed by atoms with van der Waals surface area (Å²) in [6, 6.07) is 6.22. The van der Waals surface area contributed by atoms with Gasteiger partial charge in [0.15, 0.2) is 0 Å². The third-order valence-corrected chi connectivity index (χ3v) is 6.11. The Morgan fingerprint density at radius 3 is 2.79 bits per heavy atom. The quantitative estimate of drug-likeness (QED) is 0.813. The number of nitrogens with zero attached hydrogens (tertiary/aromatic N) is 1. The second-order valence-corrected chi connectivity index (χ2v) is 7.84. The maximum absolute atomic E-state index is 14.1. The predicted octanol–water partition coefficient (Wildman–Crippen LogP) is 3.34. The normalized spacial score (nSPS) is 26.6. The van der Waals surface area contributed by atoms with E-state index in [1.807, 2.05) is 0 Å². The zero-order valence-corrected chi connectivity index (χ0v) is 15.9. The summed E-state index contributed by atoms with van der Waals surface area (Å²) in [5, 5.41) is 14.0. The van der Waals surface area contributed by atoms with Crippen molar-refractivity contribution in [3.63, 3.8) is 0 Å². The number of aliphatic hydroxyl groups is 1. The Balaban J connectivity index is 1.70. The van der Waals surface area contributed by atoms with Gasteiger partial charge in [0.25, 0.3) is 0 Å². The lowest BCUT2D eigenvalue weighted by Gasteiger charge is -2.40. The first-order valence-electron chi connectivity index (χ1n) is 9.72. The van der Waals surface area contributed by atoms with Gasteiger partial charge in [0, 0.05) is 30.3 Å². The van der Waals surface area contributed by atoms with Crippen LogP contribution in [0.1, 0.15) is 30.4 Å². The molecule has 2 atom stereocenters. The summed E-state index contributed by atoms with van der Waals surface area (Å²) in [7, 11) is 0. The van der Waals surface area contributed by atoms with Gasteiger partial charge in [-0.15, -0.1) is 0 Å². The molecule has 0 radical (unpaired) electrons. The summed E-state index contributed by atoms with van der Waals surface area (Å²) in [6.07, 6.45) is -0.183. The van der Waals surface area contributed by atoms with Gasteiger partial charge in [-0.1, -0.05) is 36.4 Å². The number of allylic oxidation sites excluding steroid dienone is 1. The zero-order valence-electron chi connectivity index (χ0n) is 15.9. The Bertz CT molecular complexity index is 919. The molecule has 2 unspecified atom stereocenters. The molecule has 2 aliphatic carbocycles. The van der Waals surface area contributed by atoms with Crippen molar-refractivity contribution in [2.45, 2.75) is 43.5 Å². The fraction of sp³-hybridized carbons (Fsp3) is 0.409. The molecule has 29 heavy (non-hydrogen) atoms. The number of hydrogen-bond acceptors (Lipinski definition) is 3. The third kappa shape index (κ3) is 3.17. The summed E-state index contributed by atoms with van der Waals surface area (Å²) < 4.78 is 42.3. The molecule has 0 spiro atoms. The summed E-state index contributed by atoms with van der Waals surface area (Å²) >= 11 is 0. The molecule has 1 heterocycles. The molecule has 1 amide bonds. The lowest BCUT2D eigenvalue weighted by Crippen LogP contribution is -2.47. The van der Waals surface area contributed by atoms with Crippen LogP contribution in [0.4, 0.5) is 13.2 Å². The van der Waals surface area contributed by atoms with E-state index in [2.05, 4.69) is 11.9 Å². The lowest BCUT2D eigenvalue weighted by molar-refractivity contribution is -0.250. The van der Waals surface area contributed by atoms with Crippen LogP contribution >= 0.6 is 0 Å². The highest BCUT2D eigenvalue weighted by Crippen LogP contribution is 2.52. The molecule has 0 saturated carbocycles. The number of likely N-dealkylation sites (tertiary alicyclic amines) is 1. The van der Waals surface area contributed by atoms with E-state index < -0.39 is 11.8 Å². The smallest absolute Gasteiger partial charge is 0.387 e. The Labute approximate surface area is 167 Å². The number of alkyl halides is 3. The number of benzene rings is 1. The molecule has 1 saturated heterocycles. The Morgan fingerprint density at radius 2 is 2.07 bits per heavy atom. The van der Waals surface area contributed by atoms with Crippen molar-refractivity contribution < 1.29 is 23.1 Å². The Kier molecular flexibility index (Phi) is 4.81. The minimum Gasteiger partial charge on any atom is -0.387 e. The third-order valence-electron chi connectivity index (χ3n) is 6.11. The molecule has 1 fully saturated rings. The van der Waals surface area contributed by atoms with E-state index >= 15 is 0 Å². The van der Waals surface area contributed by atoms with Gasteiger partial charge in [-0.2, -0.15) is 13.2 Å². The monoisotopic (exact) mass is 404 g/mol. The first kappa shape index (κ1) is 19.8. The van der Waals surface area contributed by atoms with Crippen LogP contribution < -0.4 is 5.32 Å². The van der Waals surface area contributed by atoms with E-state index in [4.69, 9.17) is 0 Å². The lowest BCUT2D eigenvalue weighted by atomic mass is 9.70. The average Bonchev–Trinajstić information content (AvgIpc) is 3.15. The van der Waals surface area contributed by atoms with E-state index in [1.165, 1.54) is 18.2 Å². The van der Waals surface area contributed by atoms with Gasteiger partial charge in [-0.3, -0.25) is 4.79 Å². The molecule has 4 rings (SSSR count). The number of fused-ring (bicyclic) bond motifs is 1. The molecule has 2 N–H and O–H groups in total. The predicted molar refractivity (Wildman–Crippen MR) is 103 cm³/mol. The van der Waals surface area contributed by atoms with Gasteiger partial charge in [0.05, 0.1) is 0 Å². The standard InChI is InChI=1S/C22H23F3N2O2/c1-2-26-17-9-10-27(13-17)20(28)16-8-7-15-11-14-5-3-4-6-18(14)21(29,19(15)12-16)22(23,24)25/h2-6,12,17,26,29H,1,7-11,13H2. The van der Waals surface area contributed by atoms with Gasteiger partial charge in [-0.25, -0.2) is 0 Å². The minimum absolute atomic E-state index is 0.101. The van der Waals surface area contributed by atoms with Crippen LogP contribution in [0.3, 0.4) is 0 Å². The van der Waals surface area contributed by atoms with Gasteiger partial charge in [-0.05, 0) is 49.1 Å². The van der Waals surface area contributed by atoms with Crippen molar-refractivity contribution in [1.82, 2.24) is 10.2 Å². The van der Waals surface area contributed by atoms with E-state index in [-0.39, 0.29) is 23.1 Å². The molecule has 4 nitrogen and oxygen atoms in total. The number of carbonyl (C=O) groups is 1. The fourth-order valence-corrected chi connectivity index (χ4v) is 4.64. The van der Waals surface area contributed by atoms with Gasteiger partial charge < -0.3 is 15.3 Å². The van der Waals surface area contributed by atoms with Crippen molar-refractivity contribution in [2.75, 3.05) is 13.1 Å². The largest absolute Gasteiger partial charge is 0.425 e. The van der Waals surface area contributed by atoms with Crippen LogP contribution in [-0.2, 0) is 16.8 Å². The Hall–Kier alpha value is -2.54. The summed E-state index contributed by atoms with van der Waals surface area (Å²) in [4.78, 5) is 14.6. The second-order valence-electron chi connectivity index (χ2n) is 7.84. The van der Waals surface area contributed by atoms with Crippen LogP contribution in [0.5, 0.6) is 0 Å². The van der Waals surface area contributed by atoms with E-state index in [0.29, 0.717) is 49.1 Å². The highest BCUT2D eigenvalue weighted by Gasteiger charge is 2.60. The van der Waals surface area contributed by atoms with Crippen molar-refractivity contribution in [3.8, 4) is 0 Å². The van der Waals surface area contributed by atoms with Gasteiger partial charge >= 0.3 is 6.18 Å². The molecular weight excluding hydrogens is 381 g/mol. The summed E-state index contributed by atoms with van der Waals surface area (Å²) in [6.45, 7) is 4.65. The van der Waals surface area contributed by atoms with Crippen LogP contribution in [0.2, 0.25) is 0 Å². The molecule has 154 valence electrons. The number of amides is 1. The van der Waals surface area contributed by atoms with Crippen LogP contribution in [-0.4, -0.2) is 41.2 Å². The zero-order chi connectivity index (χ0) is 20.8. The number of rotatable bonds is 3. The molecule has 1 aromatic carbocycles. The summed E-state index contributed by atoms with van der Waals surface area (Å²) in [5.41, 5.74) is -2.07. The van der Waals surface area contributed by atoms with Crippen molar-refractivity contribution >= 4 is 5.91 Å². The fourth-order valence-electron chi connectivity index (χ4n) is 4.64. The second kappa shape index (κ2) is 7.06. The number of halogens is 3. The number of carbonyl (C=O) groups excluding carboxylic acids is 1. The van der Waals surface area contributed by atoms with E-state index in [1.54, 1.807) is 23.2 Å². The molecule has 1 aromatic rings. The van der Waals surface area contributed by atoms with Crippen molar-refractivity contribution in [3.05, 3.63) is 71.0 Å². The maximum atomic E-state index is 14.1. The minimum atomic E-state index is -4.89. The van der Waals surface area contributed by atoms with Crippen LogP contribution in [0, 0.1) is 0 Å². The van der Waals surface area contributed by atoms with Gasteiger partial charge in [0.1, 0.15) is 0 Å². The molecule has 1 aliphatic heterocycles. The van der Waals surface area contributed by atoms with Crippen molar-refractivity contribution in [2.24, 2.45) is 0 Å². The van der Waals surface area contributed by atoms with Crippen LogP contribution in [0.15, 0.2) is 59.8 Å². The highest BCUT2D eigenvalue weighted by molar-refractivity contribution is 5.94. The first-order valence-corrected chi connectivity index (χ1v) is 9.72. The number of hydrogen-bond donors (Lipinski definition) is 2. The number of nitrogens with one attached hydrogen (secondary N) is 1. The SMILES string of the molecule is C=CNC1CCN(C(=O)C2=CC3=C(CC2)Cc2ccccc2C3(O)C(F)(F)F)C1. The topological polar surface area (TPSA) is 52.6 Å². The molecule has 0 bridgehead atoms. The average molecular weight is 404 g/mol. The molecule has 0 aromatic heterocycles.